The molecule has 2 aromatic rings. The normalized spacial score (nSPS) is 15.1. The molecule has 25 heavy (non-hydrogen) atoms. The SMILES string of the molecule is CC1(C)OB(O)c2cc(CC(=O)c3cc([N+](=O)[O-])ccc3Cl)ccc21. The number of non-ortho nitro benzene ring substituents is 1. The maximum atomic E-state index is 12.5. The molecule has 0 saturated heterocycles. The molecule has 0 radical (unpaired) electrons. The number of rotatable bonds is 4. The Kier molecular flexibility index (Phi) is 4.41. The van der Waals surface area contributed by atoms with E-state index in [9.17, 15) is 19.9 Å². The molecule has 0 spiro atoms. The van der Waals surface area contributed by atoms with Crippen molar-refractivity contribution in [3.05, 3.63) is 68.2 Å². The van der Waals surface area contributed by atoms with E-state index in [-0.39, 0.29) is 28.5 Å². The molecule has 1 aliphatic heterocycles. The Balaban J connectivity index is 1.89. The highest BCUT2D eigenvalue weighted by Crippen LogP contribution is 2.30. The van der Waals surface area contributed by atoms with Crippen LogP contribution in [0.2, 0.25) is 5.02 Å². The summed E-state index contributed by atoms with van der Waals surface area (Å²) >= 11 is 6.01. The monoisotopic (exact) mass is 359 g/mol. The first-order chi connectivity index (χ1) is 11.7. The predicted octanol–water partition coefficient (Wildman–Crippen LogP) is 2.63. The van der Waals surface area contributed by atoms with Crippen molar-refractivity contribution >= 4 is 35.7 Å². The van der Waals surface area contributed by atoms with Gasteiger partial charge in [-0.2, -0.15) is 0 Å². The van der Waals surface area contributed by atoms with Gasteiger partial charge < -0.3 is 9.68 Å². The third-order valence-electron chi connectivity index (χ3n) is 4.26. The van der Waals surface area contributed by atoms with E-state index in [1.54, 1.807) is 12.1 Å². The molecule has 128 valence electrons. The number of carbonyl (C=O) groups is 1. The first-order valence-corrected chi connectivity index (χ1v) is 8.03. The number of hydrogen-bond acceptors (Lipinski definition) is 5. The van der Waals surface area contributed by atoms with E-state index >= 15 is 0 Å². The lowest BCUT2D eigenvalue weighted by Gasteiger charge is -2.19. The van der Waals surface area contributed by atoms with Gasteiger partial charge in [0.1, 0.15) is 0 Å². The summed E-state index contributed by atoms with van der Waals surface area (Å²) in [6.45, 7) is 3.71. The van der Waals surface area contributed by atoms with Crippen molar-refractivity contribution in [2.45, 2.75) is 25.9 Å². The lowest BCUT2D eigenvalue weighted by atomic mass is 9.77. The molecule has 8 heteroatoms. The minimum absolute atomic E-state index is 0.0152. The highest BCUT2D eigenvalue weighted by atomic mass is 35.5. The molecule has 1 N–H and O–H groups in total. The summed E-state index contributed by atoms with van der Waals surface area (Å²) in [7, 11) is -1.04. The van der Waals surface area contributed by atoms with Crippen LogP contribution in [0.15, 0.2) is 36.4 Å². The molecule has 0 fully saturated rings. The van der Waals surface area contributed by atoms with Crippen LogP contribution < -0.4 is 5.46 Å². The van der Waals surface area contributed by atoms with Crippen molar-refractivity contribution in [1.82, 2.24) is 0 Å². The standard InChI is InChI=1S/C17H15BClNO5/c1-17(2)13-5-3-10(7-14(13)18(22)25-17)8-16(21)12-9-11(20(23)24)4-6-15(12)19/h3-7,9,22H,8H2,1-2H3. The Morgan fingerprint density at radius 3 is 2.72 bits per heavy atom. The molecule has 0 atom stereocenters. The smallest absolute Gasteiger partial charge is 0.423 e. The van der Waals surface area contributed by atoms with Crippen molar-refractivity contribution in [2.24, 2.45) is 0 Å². The van der Waals surface area contributed by atoms with Crippen molar-refractivity contribution < 1.29 is 19.4 Å². The molecule has 2 aromatic carbocycles. The fourth-order valence-electron chi connectivity index (χ4n) is 3.00. The summed E-state index contributed by atoms with van der Waals surface area (Å²) in [5, 5.41) is 21.1. The Morgan fingerprint density at radius 1 is 1.32 bits per heavy atom. The Hall–Kier alpha value is -2.22. The van der Waals surface area contributed by atoms with E-state index in [1.165, 1.54) is 18.2 Å². The van der Waals surface area contributed by atoms with Gasteiger partial charge in [-0.05, 0) is 36.5 Å². The maximum Gasteiger partial charge on any atom is 0.492 e. The average molecular weight is 360 g/mol. The first-order valence-electron chi connectivity index (χ1n) is 7.65. The van der Waals surface area contributed by atoms with Crippen LogP contribution in [0.3, 0.4) is 0 Å². The zero-order valence-corrected chi connectivity index (χ0v) is 14.4. The highest BCUT2D eigenvalue weighted by molar-refractivity contribution is 6.62. The number of hydrogen-bond donors (Lipinski definition) is 1. The minimum atomic E-state index is -1.04. The van der Waals surface area contributed by atoms with Crippen molar-refractivity contribution in [3.8, 4) is 0 Å². The number of nitrogens with zero attached hydrogens (tertiary/aromatic N) is 1. The van der Waals surface area contributed by atoms with Crippen LogP contribution in [-0.4, -0.2) is 22.8 Å². The van der Waals surface area contributed by atoms with Gasteiger partial charge >= 0.3 is 7.12 Å². The zero-order chi connectivity index (χ0) is 18.4. The fraction of sp³-hybridized carbons (Fsp3) is 0.235. The number of halogens is 1. The third kappa shape index (κ3) is 3.31. The van der Waals surface area contributed by atoms with Gasteiger partial charge in [0.2, 0.25) is 0 Å². The number of Topliss-reactive ketones (excluding diaryl/α,β-unsaturated/α-hetero) is 1. The van der Waals surface area contributed by atoms with Crippen LogP contribution in [0.5, 0.6) is 0 Å². The average Bonchev–Trinajstić information content (AvgIpc) is 2.76. The van der Waals surface area contributed by atoms with Gasteiger partial charge in [0.05, 0.1) is 15.5 Å². The lowest BCUT2D eigenvalue weighted by Crippen LogP contribution is -2.29. The Labute approximate surface area is 149 Å². The van der Waals surface area contributed by atoms with E-state index in [2.05, 4.69) is 0 Å². The maximum absolute atomic E-state index is 12.5. The quantitative estimate of drug-likeness (QED) is 0.392. The predicted molar refractivity (Wildman–Crippen MR) is 94.3 cm³/mol. The zero-order valence-electron chi connectivity index (χ0n) is 13.7. The van der Waals surface area contributed by atoms with Gasteiger partial charge in [-0.25, -0.2) is 0 Å². The molecule has 0 aliphatic carbocycles. The van der Waals surface area contributed by atoms with Gasteiger partial charge in [0.25, 0.3) is 5.69 Å². The van der Waals surface area contributed by atoms with E-state index in [1.807, 2.05) is 19.9 Å². The molecular formula is C17H15BClNO5. The van der Waals surface area contributed by atoms with Crippen LogP contribution in [0.4, 0.5) is 5.69 Å². The molecule has 1 aliphatic rings. The van der Waals surface area contributed by atoms with Crippen LogP contribution >= 0.6 is 11.6 Å². The molecular weight excluding hydrogens is 344 g/mol. The molecule has 6 nitrogen and oxygen atoms in total. The van der Waals surface area contributed by atoms with Gasteiger partial charge in [-0.3, -0.25) is 14.9 Å². The van der Waals surface area contributed by atoms with Crippen molar-refractivity contribution in [1.29, 1.82) is 0 Å². The fourth-order valence-corrected chi connectivity index (χ4v) is 3.22. The number of nitro groups is 1. The van der Waals surface area contributed by atoms with Crippen LogP contribution in [0, 0.1) is 10.1 Å². The van der Waals surface area contributed by atoms with E-state index in [4.69, 9.17) is 16.3 Å². The highest BCUT2D eigenvalue weighted by Gasteiger charge is 2.40. The van der Waals surface area contributed by atoms with Gasteiger partial charge in [0, 0.05) is 24.1 Å². The number of carbonyl (C=O) groups excluding carboxylic acids is 1. The second kappa shape index (κ2) is 6.26. The van der Waals surface area contributed by atoms with E-state index < -0.39 is 17.6 Å². The molecule has 0 saturated carbocycles. The summed E-state index contributed by atoms with van der Waals surface area (Å²) in [6, 6.07) is 9.10. The van der Waals surface area contributed by atoms with Crippen molar-refractivity contribution in [3.63, 3.8) is 0 Å². The number of benzene rings is 2. The second-order valence-electron chi connectivity index (χ2n) is 6.42. The molecule has 0 amide bonds. The molecule has 0 aromatic heterocycles. The Bertz CT molecular complexity index is 883. The number of ketones is 1. The van der Waals surface area contributed by atoms with E-state index in [0.29, 0.717) is 11.0 Å². The van der Waals surface area contributed by atoms with Gasteiger partial charge in [-0.15, -0.1) is 0 Å². The summed E-state index contributed by atoms with van der Waals surface area (Å²) in [6.07, 6.45) is 0.0152. The first kappa shape index (κ1) is 17.6. The second-order valence-corrected chi connectivity index (χ2v) is 6.83. The summed E-state index contributed by atoms with van der Waals surface area (Å²) in [4.78, 5) is 22.8. The molecule has 1 heterocycles. The van der Waals surface area contributed by atoms with E-state index in [0.717, 1.165) is 5.56 Å². The van der Waals surface area contributed by atoms with Crippen LogP contribution in [0.1, 0.15) is 35.3 Å². The molecule has 0 bridgehead atoms. The third-order valence-corrected chi connectivity index (χ3v) is 4.59. The van der Waals surface area contributed by atoms with Crippen LogP contribution in [0.25, 0.3) is 0 Å². The largest absolute Gasteiger partial charge is 0.492 e. The molecule has 3 rings (SSSR count). The Morgan fingerprint density at radius 2 is 2.04 bits per heavy atom. The van der Waals surface area contributed by atoms with Crippen molar-refractivity contribution in [2.75, 3.05) is 0 Å². The number of fused-ring (bicyclic) bond motifs is 1. The molecule has 0 unspecified atom stereocenters. The van der Waals surface area contributed by atoms with Gasteiger partial charge in [-0.1, -0.05) is 29.8 Å². The lowest BCUT2D eigenvalue weighted by molar-refractivity contribution is -0.384. The summed E-state index contributed by atoms with van der Waals surface area (Å²) < 4.78 is 5.50. The summed E-state index contributed by atoms with van der Waals surface area (Å²) in [5.41, 5.74) is 1.48. The summed E-state index contributed by atoms with van der Waals surface area (Å²) in [5.74, 6) is -0.332. The topological polar surface area (TPSA) is 89.7 Å². The minimum Gasteiger partial charge on any atom is -0.423 e. The van der Waals surface area contributed by atoms with Crippen LogP contribution in [-0.2, 0) is 16.7 Å². The number of nitro benzene ring substituents is 1. The van der Waals surface area contributed by atoms with Gasteiger partial charge in [0.15, 0.2) is 5.78 Å².